The van der Waals surface area contributed by atoms with E-state index in [4.69, 9.17) is 9.47 Å². The molecule has 0 bridgehead atoms. The number of rotatable bonds is 4. The second-order valence-corrected chi connectivity index (χ2v) is 8.85. The van der Waals surface area contributed by atoms with E-state index in [0.717, 1.165) is 12.8 Å². The van der Waals surface area contributed by atoms with Crippen LogP contribution in [0.5, 0.6) is 5.75 Å². The van der Waals surface area contributed by atoms with Gasteiger partial charge >= 0.3 is 0 Å². The van der Waals surface area contributed by atoms with E-state index in [1.165, 1.54) is 19.1 Å². The van der Waals surface area contributed by atoms with E-state index in [2.05, 4.69) is 4.72 Å². The van der Waals surface area contributed by atoms with Crippen molar-refractivity contribution in [2.24, 2.45) is 0 Å². The number of hydrogen-bond acceptors (Lipinski definition) is 5. The summed E-state index contributed by atoms with van der Waals surface area (Å²) in [4.78, 5) is 13.7. The van der Waals surface area contributed by atoms with Gasteiger partial charge in [-0.1, -0.05) is 0 Å². The van der Waals surface area contributed by atoms with Crippen molar-refractivity contribution in [3.05, 3.63) is 18.2 Å². The average Bonchev–Trinajstić information content (AvgIpc) is 3.04. The Morgan fingerprint density at radius 2 is 2.16 bits per heavy atom. The quantitative estimate of drug-likeness (QED) is 0.874. The van der Waals surface area contributed by atoms with Crippen LogP contribution in [0, 0.1) is 0 Å². The lowest BCUT2D eigenvalue weighted by Gasteiger charge is -2.39. The third-order valence-corrected chi connectivity index (χ3v) is 5.78. The Balaban J connectivity index is 1.86. The molecule has 3 rings (SSSR count). The molecule has 1 aromatic rings. The molecule has 0 aliphatic carbocycles. The van der Waals surface area contributed by atoms with Crippen LogP contribution in [0.2, 0.25) is 0 Å². The number of carbonyl (C=O) groups is 1. The van der Waals surface area contributed by atoms with Crippen molar-refractivity contribution in [1.29, 1.82) is 0 Å². The van der Waals surface area contributed by atoms with Crippen LogP contribution in [0.25, 0.3) is 0 Å². The minimum absolute atomic E-state index is 0.0785. The molecular formula is C17H24N2O5S. The maximum atomic E-state index is 12.6. The molecule has 0 radical (unpaired) electrons. The molecule has 25 heavy (non-hydrogen) atoms. The lowest BCUT2D eigenvalue weighted by molar-refractivity contribution is -0.117. The molecule has 1 unspecified atom stereocenters. The number of ether oxygens (including phenoxy) is 2. The van der Waals surface area contributed by atoms with E-state index in [-0.39, 0.29) is 23.5 Å². The van der Waals surface area contributed by atoms with E-state index in [0.29, 0.717) is 24.6 Å². The zero-order valence-corrected chi connectivity index (χ0v) is 15.6. The topological polar surface area (TPSA) is 84.9 Å². The maximum absolute atomic E-state index is 12.6. The third kappa shape index (κ3) is 3.96. The van der Waals surface area contributed by atoms with Crippen LogP contribution in [0.1, 0.15) is 33.6 Å². The predicted octanol–water partition coefficient (Wildman–Crippen LogP) is 1.67. The maximum Gasteiger partial charge on any atom is 0.240 e. The summed E-state index contributed by atoms with van der Waals surface area (Å²) in [7, 11) is -3.68. The molecule has 1 fully saturated rings. The van der Waals surface area contributed by atoms with Crippen molar-refractivity contribution in [1.82, 2.24) is 4.72 Å². The highest BCUT2D eigenvalue weighted by atomic mass is 32.2. The number of fused-ring (bicyclic) bond motifs is 1. The Labute approximate surface area is 148 Å². The Bertz CT molecular complexity index is 769. The van der Waals surface area contributed by atoms with Crippen molar-refractivity contribution < 1.29 is 22.7 Å². The van der Waals surface area contributed by atoms with Gasteiger partial charge in [0, 0.05) is 20.1 Å². The van der Waals surface area contributed by atoms with Gasteiger partial charge in [0.15, 0.2) is 0 Å². The Kier molecular flexibility index (Phi) is 4.78. The molecule has 138 valence electrons. The normalized spacial score (nSPS) is 22.4. The second kappa shape index (κ2) is 6.59. The zero-order valence-electron chi connectivity index (χ0n) is 14.7. The van der Waals surface area contributed by atoms with Crippen molar-refractivity contribution in [3.8, 4) is 5.75 Å². The van der Waals surface area contributed by atoms with Crippen LogP contribution in [-0.2, 0) is 19.6 Å². The molecule has 1 amide bonds. The van der Waals surface area contributed by atoms with Crippen molar-refractivity contribution in [3.63, 3.8) is 0 Å². The molecule has 0 spiro atoms. The molecule has 7 nitrogen and oxygen atoms in total. The molecule has 1 atom stereocenters. The first-order chi connectivity index (χ1) is 11.7. The fraction of sp³-hybridized carbons (Fsp3) is 0.588. The largest absolute Gasteiger partial charge is 0.484 e. The summed E-state index contributed by atoms with van der Waals surface area (Å²) < 4.78 is 39.0. The minimum atomic E-state index is -3.68. The molecule has 2 heterocycles. The van der Waals surface area contributed by atoms with Gasteiger partial charge in [0.1, 0.15) is 11.4 Å². The van der Waals surface area contributed by atoms with Crippen LogP contribution in [-0.4, -0.2) is 45.7 Å². The van der Waals surface area contributed by atoms with Crippen LogP contribution < -0.4 is 14.4 Å². The first kappa shape index (κ1) is 18.2. The van der Waals surface area contributed by atoms with Crippen molar-refractivity contribution >= 4 is 21.6 Å². The molecule has 0 aromatic heterocycles. The Hall–Kier alpha value is -1.64. The van der Waals surface area contributed by atoms with Gasteiger partial charge in [0.25, 0.3) is 0 Å². The fourth-order valence-corrected chi connectivity index (χ4v) is 4.22. The highest BCUT2D eigenvalue weighted by Crippen LogP contribution is 2.38. The van der Waals surface area contributed by atoms with Gasteiger partial charge in [-0.15, -0.1) is 0 Å². The Morgan fingerprint density at radius 3 is 2.80 bits per heavy atom. The van der Waals surface area contributed by atoms with Crippen LogP contribution in [0.3, 0.4) is 0 Å². The monoisotopic (exact) mass is 368 g/mol. The zero-order chi connectivity index (χ0) is 18.2. The van der Waals surface area contributed by atoms with E-state index >= 15 is 0 Å². The molecule has 1 saturated heterocycles. The molecule has 1 N–H and O–H groups in total. The van der Waals surface area contributed by atoms with Crippen molar-refractivity contribution in [2.75, 3.05) is 24.6 Å². The summed E-state index contributed by atoms with van der Waals surface area (Å²) in [5.74, 6) is 0.351. The van der Waals surface area contributed by atoms with E-state index in [1.54, 1.807) is 11.0 Å². The van der Waals surface area contributed by atoms with Crippen LogP contribution in [0.15, 0.2) is 23.1 Å². The number of hydrogen-bond donors (Lipinski definition) is 1. The number of sulfonamides is 1. The number of amides is 1. The van der Waals surface area contributed by atoms with E-state index in [1.807, 2.05) is 13.8 Å². The van der Waals surface area contributed by atoms with Crippen LogP contribution >= 0.6 is 0 Å². The smallest absolute Gasteiger partial charge is 0.240 e. The van der Waals surface area contributed by atoms with Gasteiger partial charge in [0.05, 0.1) is 23.2 Å². The lowest BCUT2D eigenvalue weighted by Crippen LogP contribution is -2.48. The lowest BCUT2D eigenvalue weighted by atomic mass is 10.1. The van der Waals surface area contributed by atoms with Gasteiger partial charge in [-0.2, -0.15) is 0 Å². The highest BCUT2D eigenvalue weighted by molar-refractivity contribution is 7.89. The second-order valence-electron chi connectivity index (χ2n) is 7.08. The third-order valence-electron chi connectivity index (χ3n) is 4.36. The summed E-state index contributed by atoms with van der Waals surface area (Å²) in [6.07, 6.45) is 1.73. The summed E-state index contributed by atoms with van der Waals surface area (Å²) in [5, 5.41) is 0. The summed E-state index contributed by atoms with van der Waals surface area (Å²) in [6.45, 7) is 6.52. The van der Waals surface area contributed by atoms with Gasteiger partial charge in [-0.25, -0.2) is 13.1 Å². The number of nitrogens with zero attached hydrogens (tertiary/aromatic N) is 1. The summed E-state index contributed by atoms with van der Waals surface area (Å²) in [5.41, 5.74) is -0.0521. The van der Waals surface area contributed by atoms with Gasteiger partial charge in [-0.3, -0.25) is 4.79 Å². The standard InChI is InChI=1S/C17H24N2O5S/c1-12(20)19-11-17(2,3)24-16-7-6-14(9-15(16)19)25(21,22)18-10-13-5-4-8-23-13/h6-7,9,13,18H,4-5,8,10-11H2,1-3H3. The van der Waals surface area contributed by atoms with Gasteiger partial charge < -0.3 is 14.4 Å². The summed E-state index contributed by atoms with van der Waals surface area (Å²) in [6, 6.07) is 4.59. The number of benzene rings is 1. The first-order valence-corrected chi connectivity index (χ1v) is 9.89. The fourth-order valence-electron chi connectivity index (χ4n) is 3.13. The number of carbonyl (C=O) groups excluding carboxylic acids is 1. The average molecular weight is 368 g/mol. The van der Waals surface area contributed by atoms with Gasteiger partial charge in [-0.05, 0) is 44.9 Å². The highest BCUT2D eigenvalue weighted by Gasteiger charge is 2.34. The molecule has 1 aromatic carbocycles. The van der Waals surface area contributed by atoms with Crippen molar-refractivity contribution in [2.45, 2.75) is 50.2 Å². The van der Waals surface area contributed by atoms with Crippen LogP contribution in [0.4, 0.5) is 5.69 Å². The molecule has 2 aliphatic heterocycles. The first-order valence-electron chi connectivity index (χ1n) is 8.40. The van der Waals surface area contributed by atoms with E-state index in [9.17, 15) is 13.2 Å². The van der Waals surface area contributed by atoms with Gasteiger partial charge in [0.2, 0.25) is 15.9 Å². The number of anilines is 1. The molecule has 8 heteroatoms. The Morgan fingerprint density at radius 1 is 1.40 bits per heavy atom. The predicted molar refractivity (Wildman–Crippen MR) is 93.3 cm³/mol. The molecule has 0 saturated carbocycles. The summed E-state index contributed by atoms with van der Waals surface area (Å²) >= 11 is 0. The van der Waals surface area contributed by atoms with E-state index < -0.39 is 15.6 Å². The molecule has 2 aliphatic rings. The molecular weight excluding hydrogens is 344 g/mol. The number of nitrogens with one attached hydrogen (secondary N) is 1. The minimum Gasteiger partial charge on any atom is -0.484 e. The SMILES string of the molecule is CC(=O)N1CC(C)(C)Oc2ccc(S(=O)(=O)NCC3CCCO3)cc21.